The number of nitrogens with one attached hydrogen (secondary N) is 2. The molecule has 0 saturated carbocycles. The Morgan fingerprint density at radius 3 is 1.34 bits per heavy atom. The summed E-state index contributed by atoms with van der Waals surface area (Å²) in [4.78, 5) is 53.1. The van der Waals surface area contributed by atoms with Gasteiger partial charge in [-0.3, -0.25) is 0 Å². The fourth-order valence-corrected chi connectivity index (χ4v) is 4.47. The fourth-order valence-electron chi connectivity index (χ4n) is 2.17. The molecular weight excluding hydrogens is 548 g/mol. The first kappa shape index (κ1) is 33.3. The lowest BCUT2D eigenvalue weighted by atomic mass is 10.2. The van der Waals surface area contributed by atoms with E-state index in [9.17, 15) is 29.7 Å². The summed E-state index contributed by atoms with van der Waals surface area (Å²) in [6.45, 7) is 0. The highest BCUT2D eigenvalue weighted by atomic mass is 33.1. The normalized spacial score (nSPS) is 12.6. The van der Waals surface area contributed by atoms with Crippen molar-refractivity contribution in [2.24, 2.45) is 10.2 Å². The minimum absolute atomic E-state index is 0.111. The van der Waals surface area contributed by atoms with E-state index in [1.165, 1.54) is 12.1 Å². The van der Waals surface area contributed by atoms with Crippen molar-refractivity contribution in [3.63, 3.8) is 0 Å². The van der Waals surface area contributed by atoms with Gasteiger partial charge in [-0.1, -0.05) is 21.6 Å². The molecule has 2 N–H and O–H groups in total. The molecule has 0 aliphatic carbocycles. The van der Waals surface area contributed by atoms with Crippen LogP contribution in [0.1, 0.15) is 0 Å². The highest BCUT2D eigenvalue weighted by Crippen LogP contribution is 2.25. The molecule has 0 aliphatic rings. The van der Waals surface area contributed by atoms with E-state index in [0.29, 0.717) is 0 Å². The maximum atomic E-state index is 12.2. The fraction of sp³-hybridized carbons (Fsp3) is 0.444. The van der Waals surface area contributed by atoms with Crippen LogP contribution in [0.2, 0.25) is 0 Å². The van der Waals surface area contributed by atoms with Crippen LogP contribution in [0.5, 0.6) is 0 Å². The Balaban J connectivity index is 5.79. The molecule has 202 valence electrons. The van der Waals surface area contributed by atoms with Gasteiger partial charge in [-0.05, 0) is 21.3 Å². The monoisotopic (exact) mass is 568 g/mol. The third kappa shape index (κ3) is 10.5. The molecule has 2 atom stereocenters. The minimum Gasteiger partial charge on any atom is -0.467 e. The quantitative estimate of drug-likeness (QED) is 0.0322. The topological polar surface area (TPSA) is 274 Å². The van der Waals surface area contributed by atoms with Crippen LogP contribution in [0, 0.1) is 22.7 Å². The Hall–Kier alpha value is -4.74. The summed E-state index contributed by atoms with van der Waals surface area (Å²) in [6, 6.07) is 0.555. The van der Waals surface area contributed by atoms with Crippen molar-refractivity contribution in [1.29, 1.82) is 10.5 Å². The van der Waals surface area contributed by atoms with Crippen LogP contribution < -0.4 is 10.6 Å². The molecule has 0 radical (unpaired) electrons. The van der Waals surface area contributed by atoms with Gasteiger partial charge in [0.05, 0.1) is 28.4 Å². The predicted octanol–water partition coefficient (Wildman–Crippen LogP) is 1.07. The van der Waals surface area contributed by atoms with Crippen LogP contribution in [0.4, 0.5) is 0 Å². The van der Waals surface area contributed by atoms with Crippen molar-refractivity contribution in [3.05, 3.63) is 43.7 Å². The summed E-state index contributed by atoms with van der Waals surface area (Å²) in [6.07, 6.45) is 0. The van der Waals surface area contributed by atoms with Crippen LogP contribution in [-0.2, 0) is 38.1 Å². The molecule has 0 bridgehead atoms. The van der Waals surface area contributed by atoms with Gasteiger partial charge in [0.15, 0.2) is 11.1 Å². The molecule has 0 heterocycles. The lowest BCUT2D eigenvalue weighted by Gasteiger charge is -2.19. The molecule has 0 aliphatic heterocycles. The molecule has 0 amide bonds. The van der Waals surface area contributed by atoms with Crippen LogP contribution in [0.15, 0.2) is 33.0 Å². The van der Waals surface area contributed by atoms with E-state index in [0.717, 1.165) is 50.0 Å². The summed E-state index contributed by atoms with van der Waals surface area (Å²) >= 11 is 0. The molecule has 18 nitrogen and oxygen atoms in total. The number of ether oxygens (including phenoxy) is 4. The van der Waals surface area contributed by atoms with Crippen LogP contribution >= 0.6 is 21.6 Å². The Kier molecular flexibility index (Phi) is 16.2. The molecule has 0 spiro atoms. The van der Waals surface area contributed by atoms with Gasteiger partial charge in [-0.2, -0.15) is 10.5 Å². The summed E-state index contributed by atoms with van der Waals surface area (Å²) in [5.41, 5.74) is 16.2. The molecule has 0 saturated heterocycles. The van der Waals surface area contributed by atoms with E-state index >= 15 is 0 Å². The van der Waals surface area contributed by atoms with Crippen molar-refractivity contribution in [1.82, 2.24) is 10.6 Å². The number of carbonyl (C=O) groups excluding carboxylic acids is 4. The maximum Gasteiger partial charge on any atom is 0.350 e. The van der Waals surface area contributed by atoms with Crippen molar-refractivity contribution in [3.8, 4) is 12.1 Å². The second kappa shape index (κ2) is 18.5. The smallest absolute Gasteiger partial charge is 0.350 e. The summed E-state index contributed by atoms with van der Waals surface area (Å²) in [5.74, 6) is -5.31. The molecule has 38 heavy (non-hydrogen) atoms. The SMILES string of the molecule is COC(=O)/C(C#N)=C(/N=[N+]=[N-])NC(CSSCC(N/C(N=[N+]=[N-])=C(/C#N)C(=O)OC)C(=O)OC)C(=O)OC. The molecule has 0 aromatic rings. The maximum absolute atomic E-state index is 12.2. The Labute approximate surface area is 222 Å². The molecule has 2 unspecified atom stereocenters. The number of carbonyl (C=O) groups is 4. The van der Waals surface area contributed by atoms with Crippen LogP contribution in [0.25, 0.3) is 20.9 Å². The Bertz CT molecular complexity index is 1070. The number of hydrogen-bond donors (Lipinski definition) is 2. The molecular formula is C18H20N10O8S2. The first-order valence-electron chi connectivity index (χ1n) is 9.68. The van der Waals surface area contributed by atoms with Gasteiger partial charge >= 0.3 is 23.9 Å². The highest BCUT2D eigenvalue weighted by Gasteiger charge is 2.26. The second-order valence-electron chi connectivity index (χ2n) is 6.04. The van der Waals surface area contributed by atoms with Gasteiger partial charge in [0.2, 0.25) is 0 Å². The predicted molar refractivity (Wildman–Crippen MR) is 130 cm³/mol. The number of methoxy groups -OCH3 is 4. The molecule has 0 aromatic carbocycles. The minimum atomic E-state index is -1.24. The first-order valence-corrected chi connectivity index (χ1v) is 12.2. The van der Waals surface area contributed by atoms with Gasteiger partial charge in [-0.15, -0.1) is 0 Å². The van der Waals surface area contributed by atoms with Crippen molar-refractivity contribution in [2.75, 3.05) is 39.9 Å². The van der Waals surface area contributed by atoms with E-state index in [1.54, 1.807) is 0 Å². The Morgan fingerprint density at radius 2 is 1.11 bits per heavy atom. The molecule has 20 heteroatoms. The van der Waals surface area contributed by atoms with Crippen molar-refractivity contribution in [2.45, 2.75) is 12.1 Å². The zero-order valence-corrected chi connectivity index (χ0v) is 21.9. The third-order valence-corrected chi connectivity index (χ3v) is 6.33. The highest BCUT2D eigenvalue weighted by molar-refractivity contribution is 8.76. The standard InChI is InChI=1S/C18H20N10O8S2/c1-33-15(29)9(5-19)13(25-27-21)23-11(17(31)35-3)7-37-38-8-12(18(32)36-4)24-14(26-28-22)10(6-20)16(30)34-2/h11-12,23-24H,7-8H2,1-4H3/b13-9+,14-10+. The Morgan fingerprint density at radius 1 is 0.763 bits per heavy atom. The van der Waals surface area contributed by atoms with Crippen LogP contribution in [0.3, 0.4) is 0 Å². The summed E-state index contributed by atoms with van der Waals surface area (Å²) in [5, 5.41) is 29.8. The first-order chi connectivity index (χ1) is 18.2. The lowest BCUT2D eigenvalue weighted by Crippen LogP contribution is -2.40. The number of rotatable bonds is 15. The van der Waals surface area contributed by atoms with Gasteiger partial charge in [0, 0.05) is 21.3 Å². The second-order valence-corrected chi connectivity index (χ2v) is 8.59. The zero-order valence-electron chi connectivity index (χ0n) is 20.2. The van der Waals surface area contributed by atoms with Gasteiger partial charge in [0.25, 0.3) is 0 Å². The molecule has 0 aromatic heterocycles. The van der Waals surface area contributed by atoms with E-state index < -0.39 is 58.7 Å². The van der Waals surface area contributed by atoms with Crippen LogP contribution in [-0.4, -0.2) is 75.9 Å². The lowest BCUT2D eigenvalue weighted by molar-refractivity contribution is -0.143. The average molecular weight is 569 g/mol. The number of nitrogens with zero attached hydrogens (tertiary/aromatic N) is 8. The van der Waals surface area contributed by atoms with E-state index in [1.807, 2.05) is 0 Å². The van der Waals surface area contributed by atoms with Gasteiger partial charge < -0.3 is 29.6 Å². The largest absolute Gasteiger partial charge is 0.467 e. The number of azide groups is 2. The number of esters is 4. The summed E-state index contributed by atoms with van der Waals surface area (Å²) in [7, 11) is 6.13. The van der Waals surface area contributed by atoms with Crippen molar-refractivity contribution >= 4 is 45.5 Å². The number of hydrogen-bond acceptors (Lipinski definition) is 16. The van der Waals surface area contributed by atoms with E-state index in [2.05, 4.69) is 49.6 Å². The van der Waals surface area contributed by atoms with E-state index in [4.69, 9.17) is 11.1 Å². The van der Waals surface area contributed by atoms with E-state index in [-0.39, 0.29) is 11.5 Å². The summed E-state index contributed by atoms with van der Waals surface area (Å²) < 4.78 is 18.3. The number of nitriles is 2. The van der Waals surface area contributed by atoms with Gasteiger partial charge in [0.1, 0.15) is 35.9 Å². The molecule has 0 fully saturated rings. The van der Waals surface area contributed by atoms with Crippen molar-refractivity contribution < 1.29 is 38.1 Å². The third-order valence-electron chi connectivity index (χ3n) is 3.91. The average Bonchev–Trinajstić information content (AvgIpc) is 2.93. The molecule has 0 rings (SSSR count). The van der Waals surface area contributed by atoms with Gasteiger partial charge in [-0.25, -0.2) is 19.2 Å². The zero-order chi connectivity index (χ0) is 29.1.